The number of halogens is 3. The quantitative estimate of drug-likeness (QED) is 0.733. The van der Waals surface area contributed by atoms with Gasteiger partial charge in [0.2, 0.25) is 0 Å². The van der Waals surface area contributed by atoms with Crippen molar-refractivity contribution in [2.75, 3.05) is 0 Å². The van der Waals surface area contributed by atoms with Gasteiger partial charge >= 0.3 is 0 Å². The van der Waals surface area contributed by atoms with Crippen molar-refractivity contribution < 1.29 is 8.78 Å². The molecule has 0 aliphatic heterocycles. The standard InChI is InChI=1S/C10H8BrF2N/c1-14-8-4-2-3-7(11)6(8)5-9(14)10(12)13/h2-5,10H,1H3. The van der Waals surface area contributed by atoms with Gasteiger partial charge in [-0.15, -0.1) is 0 Å². The molecule has 0 radical (unpaired) electrons. The normalized spacial score (nSPS) is 11.5. The molecule has 4 heteroatoms. The number of rotatable bonds is 1. The van der Waals surface area contributed by atoms with Gasteiger partial charge in [0.25, 0.3) is 6.43 Å². The summed E-state index contributed by atoms with van der Waals surface area (Å²) in [5.74, 6) is 0. The van der Waals surface area contributed by atoms with Crippen molar-refractivity contribution in [2.45, 2.75) is 6.43 Å². The van der Waals surface area contributed by atoms with Gasteiger partial charge in [0.15, 0.2) is 0 Å². The van der Waals surface area contributed by atoms with E-state index in [0.29, 0.717) is 0 Å². The van der Waals surface area contributed by atoms with Gasteiger partial charge in [-0.3, -0.25) is 0 Å². The maximum Gasteiger partial charge on any atom is 0.278 e. The lowest BCUT2D eigenvalue weighted by Gasteiger charge is -2.01. The first-order valence-corrected chi connectivity index (χ1v) is 4.92. The fourth-order valence-corrected chi connectivity index (χ4v) is 2.02. The first-order valence-electron chi connectivity index (χ1n) is 4.13. The summed E-state index contributed by atoms with van der Waals surface area (Å²) in [6.07, 6.45) is -2.43. The molecule has 1 aromatic carbocycles. The molecule has 0 atom stereocenters. The van der Waals surface area contributed by atoms with E-state index in [0.717, 1.165) is 15.4 Å². The van der Waals surface area contributed by atoms with Gasteiger partial charge in [-0.25, -0.2) is 8.78 Å². The van der Waals surface area contributed by atoms with E-state index >= 15 is 0 Å². The fourth-order valence-electron chi connectivity index (χ4n) is 1.55. The lowest BCUT2D eigenvalue weighted by Crippen LogP contribution is -1.95. The Labute approximate surface area is 88.5 Å². The molecular weight excluding hydrogens is 252 g/mol. The van der Waals surface area contributed by atoms with Crippen LogP contribution in [0.4, 0.5) is 8.78 Å². The number of hydrogen-bond acceptors (Lipinski definition) is 0. The summed E-state index contributed by atoms with van der Waals surface area (Å²) in [6, 6.07) is 7.02. The van der Waals surface area contributed by atoms with E-state index in [1.807, 2.05) is 18.2 Å². The van der Waals surface area contributed by atoms with Crippen LogP contribution in [-0.4, -0.2) is 4.57 Å². The zero-order chi connectivity index (χ0) is 10.3. The van der Waals surface area contributed by atoms with Crippen molar-refractivity contribution in [1.29, 1.82) is 0 Å². The van der Waals surface area contributed by atoms with Crippen LogP contribution in [0.3, 0.4) is 0 Å². The molecule has 0 unspecified atom stereocenters. The molecule has 0 saturated heterocycles. The van der Waals surface area contributed by atoms with Gasteiger partial charge in [-0.1, -0.05) is 22.0 Å². The molecule has 0 fully saturated rings. The number of alkyl halides is 2. The van der Waals surface area contributed by atoms with Crippen LogP contribution in [0.25, 0.3) is 10.9 Å². The van der Waals surface area contributed by atoms with Crippen molar-refractivity contribution in [3.05, 3.63) is 34.4 Å². The molecule has 0 spiro atoms. The lowest BCUT2D eigenvalue weighted by molar-refractivity contribution is 0.143. The molecule has 0 aliphatic rings. The Hall–Kier alpha value is -0.900. The number of benzene rings is 1. The number of nitrogens with zero attached hydrogens (tertiary/aromatic N) is 1. The van der Waals surface area contributed by atoms with Crippen molar-refractivity contribution in [3.63, 3.8) is 0 Å². The van der Waals surface area contributed by atoms with Gasteiger partial charge < -0.3 is 4.57 Å². The van der Waals surface area contributed by atoms with Gasteiger partial charge in [0.05, 0.1) is 5.69 Å². The van der Waals surface area contributed by atoms with Crippen molar-refractivity contribution >= 4 is 26.8 Å². The van der Waals surface area contributed by atoms with Crippen LogP contribution in [0.15, 0.2) is 28.7 Å². The van der Waals surface area contributed by atoms with Crippen molar-refractivity contribution in [2.24, 2.45) is 7.05 Å². The average Bonchev–Trinajstić information content (AvgIpc) is 2.46. The molecule has 74 valence electrons. The third-order valence-corrected chi connectivity index (χ3v) is 2.99. The van der Waals surface area contributed by atoms with Crippen LogP contribution < -0.4 is 0 Å². The van der Waals surface area contributed by atoms with Crippen molar-refractivity contribution in [1.82, 2.24) is 4.57 Å². The molecule has 0 amide bonds. The highest BCUT2D eigenvalue weighted by Gasteiger charge is 2.15. The molecular formula is C10H8BrF2N. The van der Waals surface area contributed by atoms with Gasteiger partial charge in [0.1, 0.15) is 0 Å². The zero-order valence-electron chi connectivity index (χ0n) is 7.47. The molecule has 1 heterocycles. The second-order valence-corrected chi connectivity index (χ2v) is 3.96. The van der Waals surface area contributed by atoms with Gasteiger partial charge in [0, 0.05) is 22.4 Å². The highest BCUT2D eigenvalue weighted by Crippen LogP contribution is 2.30. The van der Waals surface area contributed by atoms with Gasteiger partial charge in [-0.2, -0.15) is 0 Å². The summed E-state index contributed by atoms with van der Waals surface area (Å²) in [7, 11) is 1.65. The lowest BCUT2D eigenvalue weighted by atomic mass is 10.2. The molecule has 0 bridgehead atoms. The highest BCUT2D eigenvalue weighted by molar-refractivity contribution is 9.10. The van der Waals surface area contributed by atoms with Crippen LogP contribution >= 0.6 is 15.9 Å². The molecule has 14 heavy (non-hydrogen) atoms. The Morgan fingerprint density at radius 1 is 1.36 bits per heavy atom. The molecule has 0 N–H and O–H groups in total. The Morgan fingerprint density at radius 3 is 2.64 bits per heavy atom. The Morgan fingerprint density at radius 2 is 2.07 bits per heavy atom. The van der Waals surface area contributed by atoms with Crippen LogP contribution in [0.2, 0.25) is 0 Å². The Balaban J connectivity index is 2.80. The molecule has 2 rings (SSSR count). The third kappa shape index (κ3) is 1.34. The Bertz CT molecular complexity index is 476. The summed E-state index contributed by atoms with van der Waals surface area (Å²) in [4.78, 5) is 0. The number of fused-ring (bicyclic) bond motifs is 1. The van der Waals surface area contributed by atoms with Crippen molar-refractivity contribution in [3.8, 4) is 0 Å². The first kappa shape index (κ1) is 9.65. The topological polar surface area (TPSA) is 4.93 Å². The van der Waals surface area contributed by atoms with E-state index in [9.17, 15) is 8.78 Å². The van der Waals surface area contributed by atoms with E-state index in [4.69, 9.17) is 0 Å². The zero-order valence-corrected chi connectivity index (χ0v) is 9.05. The maximum absolute atomic E-state index is 12.6. The minimum absolute atomic E-state index is 0.0481. The summed E-state index contributed by atoms with van der Waals surface area (Å²) in [5, 5.41) is 0.824. The fraction of sp³-hybridized carbons (Fsp3) is 0.200. The summed E-state index contributed by atoms with van der Waals surface area (Å²) in [6.45, 7) is 0. The smallest absolute Gasteiger partial charge is 0.278 e. The minimum Gasteiger partial charge on any atom is -0.343 e. The Kier molecular flexibility index (Phi) is 2.31. The maximum atomic E-state index is 12.6. The second kappa shape index (κ2) is 3.35. The van der Waals surface area contributed by atoms with Gasteiger partial charge in [-0.05, 0) is 18.2 Å². The SMILES string of the molecule is Cn1c(C(F)F)cc2c(Br)cccc21. The molecule has 2 aromatic rings. The molecule has 1 nitrogen and oxygen atoms in total. The van der Waals surface area contributed by atoms with E-state index in [1.54, 1.807) is 7.05 Å². The average molecular weight is 260 g/mol. The van der Waals surface area contributed by atoms with Crippen LogP contribution in [-0.2, 0) is 7.05 Å². The van der Waals surface area contributed by atoms with E-state index in [2.05, 4.69) is 15.9 Å². The predicted octanol–water partition coefficient (Wildman–Crippen LogP) is 3.88. The summed E-state index contributed by atoms with van der Waals surface area (Å²) < 4.78 is 27.5. The van der Waals surface area contributed by atoms with E-state index < -0.39 is 6.43 Å². The van der Waals surface area contributed by atoms with Crippen LogP contribution in [0.1, 0.15) is 12.1 Å². The summed E-state index contributed by atoms with van der Waals surface area (Å²) >= 11 is 3.34. The highest BCUT2D eigenvalue weighted by atomic mass is 79.9. The molecule has 0 saturated carbocycles. The number of aryl methyl sites for hydroxylation is 1. The van der Waals surface area contributed by atoms with E-state index in [1.165, 1.54) is 10.6 Å². The molecule has 0 aliphatic carbocycles. The largest absolute Gasteiger partial charge is 0.343 e. The molecule has 1 aromatic heterocycles. The van der Waals surface area contributed by atoms with E-state index in [-0.39, 0.29) is 5.69 Å². The minimum atomic E-state index is -2.43. The third-order valence-electron chi connectivity index (χ3n) is 2.29. The first-order chi connectivity index (χ1) is 6.61. The monoisotopic (exact) mass is 259 g/mol. The summed E-state index contributed by atoms with van der Waals surface area (Å²) in [5.41, 5.74) is 0.863. The number of aromatic nitrogens is 1. The predicted molar refractivity (Wildman–Crippen MR) is 55.6 cm³/mol. The van der Waals surface area contributed by atoms with Crippen LogP contribution in [0, 0.1) is 0 Å². The van der Waals surface area contributed by atoms with Crippen LogP contribution in [0.5, 0.6) is 0 Å². The number of hydrogen-bond donors (Lipinski definition) is 0. The second-order valence-electron chi connectivity index (χ2n) is 3.10.